The van der Waals surface area contributed by atoms with E-state index in [0.29, 0.717) is 18.8 Å². The summed E-state index contributed by atoms with van der Waals surface area (Å²) in [4.78, 5) is 0. The predicted octanol–water partition coefficient (Wildman–Crippen LogP) is 1.27. The number of ether oxygens (including phenoxy) is 3. The third-order valence-corrected chi connectivity index (χ3v) is 2.63. The van der Waals surface area contributed by atoms with E-state index in [1.807, 2.05) is 24.3 Å². The van der Waals surface area contributed by atoms with Gasteiger partial charge in [0.05, 0.1) is 19.3 Å². The molecule has 94 valence electrons. The zero-order chi connectivity index (χ0) is 10.8. The molecule has 0 aliphatic carbocycles. The maximum absolute atomic E-state index is 5.55. The molecule has 0 radical (unpaired) electrons. The molecule has 1 aromatic carbocycles. The zero-order valence-electron chi connectivity index (χ0n) is 10.0. The van der Waals surface area contributed by atoms with E-state index >= 15 is 0 Å². The summed E-state index contributed by atoms with van der Waals surface area (Å²) in [5.41, 5.74) is 1.10. The first kappa shape index (κ1) is 16.9. The Balaban J connectivity index is 0.000000810. The fraction of sp³-hybridized carbons (Fsp3) is 0.500. The molecule has 2 fully saturated rings. The standard InChI is InChI=1S/C12H15NO3.2U/c1-3-10(14-7-12-8-16-12)4-2-9(1)13-5-11-6-15-11;;/h1-4,11-13H,5-8H2;;. The molecule has 18 heavy (non-hydrogen) atoms. The van der Waals surface area contributed by atoms with Gasteiger partial charge in [-0.25, -0.2) is 0 Å². The fourth-order valence-electron chi connectivity index (χ4n) is 1.44. The summed E-state index contributed by atoms with van der Waals surface area (Å²) in [5, 5.41) is 3.31. The molecule has 1 aromatic rings. The third kappa shape index (κ3) is 5.87. The molecule has 2 aliphatic heterocycles. The molecule has 2 heterocycles. The SMILES string of the molecule is [U].[U].c1cc(OCC2CO2)ccc1NCC1CO1. The van der Waals surface area contributed by atoms with Gasteiger partial charge < -0.3 is 19.5 Å². The molecule has 4 nitrogen and oxygen atoms in total. The van der Waals surface area contributed by atoms with Crippen LogP contribution >= 0.6 is 0 Å². The van der Waals surface area contributed by atoms with Crippen molar-refractivity contribution >= 4 is 5.69 Å². The molecule has 0 saturated carbocycles. The van der Waals surface area contributed by atoms with Gasteiger partial charge in [0.1, 0.15) is 18.5 Å². The number of nitrogens with one attached hydrogen (secondary N) is 1. The summed E-state index contributed by atoms with van der Waals surface area (Å²) in [6.07, 6.45) is 0.716. The molecule has 0 amide bonds. The van der Waals surface area contributed by atoms with Gasteiger partial charge in [0.15, 0.2) is 0 Å². The molecule has 0 spiro atoms. The van der Waals surface area contributed by atoms with Crippen molar-refractivity contribution in [3.05, 3.63) is 24.3 Å². The Labute approximate surface area is 154 Å². The minimum absolute atomic E-state index is 0. The second-order valence-corrected chi connectivity index (χ2v) is 4.13. The second-order valence-electron chi connectivity index (χ2n) is 4.13. The Morgan fingerprint density at radius 3 is 2.22 bits per heavy atom. The largest absolute Gasteiger partial charge is 0.491 e. The van der Waals surface area contributed by atoms with Crippen LogP contribution in [-0.2, 0) is 9.47 Å². The van der Waals surface area contributed by atoms with E-state index in [9.17, 15) is 0 Å². The van der Waals surface area contributed by atoms with Gasteiger partial charge in [-0.05, 0) is 24.3 Å². The number of epoxide rings is 2. The second kappa shape index (κ2) is 8.20. The van der Waals surface area contributed by atoms with Gasteiger partial charge in [-0.15, -0.1) is 0 Å². The Bertz CT molecular complexity index is 318. The van der Waals surface area contributed by atoms with Gasteiger partial charge >= 0.3 is 0 Å². The maximum Gasteiger partial charge on any atom is 0.119 e. The van der Waals surface area contributed by atoms with Gasteiger partial charge in [-0.2, -0.15) is 0 Å². The summed E-state index contributed by atoms with van der Waals surface area (Å²) in [6.45, 7) is 3.26. The molecule has 6 heteroatoms. The van der Waals surface area contributed by atoms with Gasteiger partial charge in [0.2, 0.25) is 0 Å². The average Bonchev–Trinajstić information content (AvgIpc) is 3.17. The van der Waals surface area contributed by atoms with E-state index in [0.717, 1.165) is 31.2 Å². The van der Waals surface area contributed by atoms with Crippen LogP contribution in [0.2, 0.25) is 0 Å². The van der Waals surface area contributed by atoms with Crippen LogP contribution in [0.3, 0.4) is 0 Å². The Hall–Kier alpha value is 0.844. The number of hydrogen-bond donors (Lipinski definition) is 1. The molecule has 2 unspecified atom stereocenters. The van der Waals surface area contributed by atoms with Crippen molar-refractivity contribution in [3.8, 4) is 5.75 Å². The minimum atomic E-state index is 0. The Kier molecular flexibility index (Phi) is 7.70. The molecular weight excluding hydrogens is 682 g/mol. The van der Waals surface area contributed by atoms with Crippen molar-refractivity contribution in [2.24, 2.45) is 0 Å². The maximum atomic E-state index is 5.55. The van der Waals surface area contributed by atoms with Crippen LogP contribution in [0.25, 0.3) is 0 Å². The Morgan fingerprint density at radius 1 is 1.06 bits per heavy atom. The van der Waals surface area contributed by atoms with E-state index in [4.69, 9.17) is 14.2 Å². The van der Waals surface area contributed by atoms with Gasteiger partial charge in [-0.3, -0.25) is 0 Å². The minimum Gasteiger partial charge on any atom is -0.491 e. The molecule has 0 aromatic heterocycles. The third-order valence-electron chi connectivity index (χ3n) is 2.63. The van der Waals surface area contributed by atoms with Crippen molar-refractivity contribution in [2.45, 2.75) is 12.2 Å². The zero-order valence-corrected chi connectivity index (χ0v) is 18.3. The smallest absolute Gasteiger partial charge is 0.119 e. The number of anilines is 1. The van der Waals surface area contributed by atoms with Crippen LogP contribution in [0.5, 0.6) is 5.75 Å². The summed E-state index contributed by atoms with van der Waals surface area (Å²) >= 11 is 0. The van der Waals surface area contributed by atoms with Crippen molar-refractivity contribution in [3.63, 3.8) is 0 Å². The summed E-state index contributed by atoms with van der Waals surface area (Å²) < 4.78 is 15.7. The first-order chi connectivity index (χ1) is 7.90. The van der Waals surface area contributed by atoms with Crippen LogP contribution in [0.1, 0.15) is 0 Å². The number of hydrogen-bond acceptors (Lipinski definition) is 4. The number of benzene rings is 1. The predicted molar refractivity (Wildman–Crippen MR) is 59.9 cm³/mol. The van der Waals surface area contributed by atoms with Crippen LogP contribution in [-0.4, -0.2) is 38.6 Å². The first-order valence-electron chi connectivity index (χ1n) is 5.60. The van der Waals surface area contributed by atoms with Crippen molar-refractivity contribution < 1.29 is 76.4 Å². The average molecular weight is 697 g/mol. The van der Waals surface area contributed by atoms with E-state index < -0.39 is 0 Å². The Morgan fingerprint density at radius 2 is 1.67 bits per heavy atom. The van der Waals surface area contributed by atoms with E-state index in [1.165, 1.54) is 0 Å². The van der Waals surface area contributed by atoms with Crippen LogP contribution in [0.4, 0.5) is 5.69 Å². The van der Waals surface area contributed by atoms with Gasteiger partial charge in [0, 0.05) is 74.5 Å². The van der Waals surface area contributed by atoms with E-state index in [2.05, 4.69) is 5.32 Å². The fourth-order valence-corrected chi connectivity index (χ4v) is 1.44. The van der Waals surface area contributed by atoms with Crippen LogP contribution in [0.15, 0.2) is 24.3 Å². The van der Waals surface area contributed by atoms with Crippen LogP contribution < -0.4 is 10.1 Å². The molecule has 2 saturated heterocycles. The van der Waals surface area contributed by atoms with Crippen molar-refractivity contribution in [1.82, 2.24) is 0 Å². The van der Waals surface area contributed by atoms with Crippen molar-refractivity contribution in [2.75, 3.05) is 31.7 Å². The van der Waals surface area contributed by atoms with Gasteiger partial charge in [-0.1, -0.05) is 0 Å². The summed E-state index contributed by atoms with van der Waals surface area (Å²) in [6, 6.07) is 7.98. The molecule has 2 atom stereocenters. The van der Waals surface area contributed by atoms with E-state index in [1.54, 1.807) is 0 Å². The molecular formula is C12H15NO3U2. The summed E-state index contributed by atoms with van der Waals surface area (Å²) in [5.74, 6) is 0.892. The monoisotopic (exact) mass is 697 g/mol. The molecule has 0 bridgehead atoms. The quantitative estimate of drug-likeness (QED) is 0.456. The van der Waals surface area contributed by atoms with Crippen molar-refractivity contribution in [1.29, 1.82) is 0 Å². The first-order valence-corrected chi connectivity index (χ1v) is 5.60. The molecule has 1 N–H and O–H groups in total. The van der Waals surface area contributed by atoms with Gasteiger partial charge in [0.25, 0.3) is 0 Å². The molecule has 3 rings (SSSR count). The topological polar surface area (TPSA) is 46.3 Å². The van der Waals surface area contributed by atoms with Crippen LogP contribution in [0, 0.1) is 62.2 Å². The summed E-state index contributed by atoms with van der Waals surface area (Å²) in [7, 11) is 0. The normalized spacial score (nSPS) is 23.3. The molecule has 2 aliphatic rings. The van der Waals surface area contributed by atoms with E-state index in [-0.39, 0.29) is 62.2 Å². The number of rotatable bonds is 6.